The molecule has 2 N–H and O–H groups in total. The minimum absolute atomic E-state index is 0.322. The largest absolute Gasteiger partial charge is 0.416 e. The van der Waals surface area contributed by atoms with Crippen molar-refractivity contribution in [1.82, 2.24) is 15.5 Å². The third kappa shape index (κ3) is 5.34. The Balaban J connectivity index is 1.51. The predicted molar refractivity (Wildman–Crippen MR) is 109 cm³/mol. The van der Waals surface area contributed by atoms with Crippen molar-refractivity contribution in [2.75, 3.05) is 5.32 Å². The molecule has 7 nitrogen and oxygen atoms in total. The second-order valence-electron chi connectivity index (χ2n) is 7.26. The number of carbonyl (C=O) groups is 2. The third-order valence-electron chi connectivity index (χ3n) is 4.89. The van der Waals surface area contributed by atoms with Crippen LogP contribution in [0.3, 0.4) is 0 Å². The molecule has 0 bridgehead atoms. The van der Waals surface area contributed by atoms with E-state index in [4.69, 9.17) is 4.42 Å². The average Bonchev–Trinajstić information content (AvgIpc) is 3.13. The summed E-state index contributed by atoms with van der Waals surface area (Å²) in [4.78, 5) is 24.4. The lowest BCUT2D eigenvalue weighted by Gasteiger charge is -2.17. The SMILES string of the molecule is Cc1ccc(NC(=O)NC(=O)C(C)Sc2nnc(C3CCCCC3)o2)c(C)c1. The second kappa shape index (κ2) is 9.23. The van der Waals surface area contributed by atoms with Gasteiger partial charge in [0.05, 0.1) is 5.25 Å². The topological polar surface area (TPSA) is 97.1 Å². The predicted octanol–water partition coefficient (Wildman–Crippen LogP) is 4.56. The van der Waals surface area contributed by atoms with Gasteiger partial charge in [0.25, 0.3) is 5.22 Å². The van der Waals surface area contributed by atoms with Gasteiger partial charge in [0.2, 0.25) is 11.8 Å². The van der Waals surface area contributed by atoms with Crippen LogP contribution in [0.2, 0.25) is 0 Å². The maximum absolute atomic E-state index is 12.3. The van der Waals surface area contributed by atoms with Crippen molar-refractivity contribution >= 4 is 29.4 Å². The first-order valence-electron chi connectivity index (χ1n) is 9.61. The van der Waals surface area contributed by atoms with E-state index in [0.717, 1.165) is 35.7 Å². The summed E-state index contributed by atoms with van der Waals surface area (Å²) in [5.74, 6) is 0.565. The van der Waals surface area contributed by atoms with Crippen molar-refractivity contribution in [2.45, 2.75) is 69.3 Å². The fourth-order valence-electron chi connectivity index (χ4n) is 3.31. The molecule has 1 atom stereocenters. The maximum atomic E-state index is 12.3. The van der Waals surface area contributed by atoms with Crippen LogP contribution >= 0.6 is 11.8 Å². The molecule has 3 amide bonds. The van der Waals surface area contributed by atoms with Crippen LogP contribution < -0.4 is 10.6 Å². The second-order valence-corrected chi connectivity index (χ2v) is 8.56. The summed E-state index contributed by atoms with van der Waals surface area (Å²) >= 11 is 1.16. The molecular formula is C20H26N4O3S. The number of anilines is 1. The van der Waals surface area contributed by atoms with Crippen LogP contribution in [-0.2, 0) is 4.79 Å². The number of imide groups is 1. The third-order valence-corrected chi connectivity index (χ3v) is 5.82. The normalized spacial score (nSPS) is 15.8. The van der Waals surface area contributed by atoms with Crippen molar-refractivity contribution in [3.63, 3.8) is 0 Å². The molecule has 0 saturated heterocycles. The van der Waals surface area contributed by atoms with E-state index < -0.39 is 17.2 Å². The van der Waals surface area contributed by atoms with Gasteiger partial charge < -0.3 is 9.73 Å². The molecule has 2 aromatic rings. The van der Waals surface area contributed by atoms with Crippen LogP contribution in [0.15, 0.2) is 27.8 Å². The number of benzene rings is 1. The van der Waals surface area contributed by atoms with Crippen LogP contribution in [0.5, 0.6) is 0 Å². The first-order chi connectivity index (χ1) is 13.4. The summed E-state index contributed by atoms with van der Waals surface area (Å²) < 4.78 is 5.73. The highest BCUT2D eigenvalue weighted by Crippen LogP contribution is 2.33. The molecule has 1 aromatic carbocycles. The zero-order valence-electron chi connectivity index (χ0n) is 16.4. The van der Waals surface area contributed by atoms with E-state index >= 15 is 0 Å². The van der Waals surface area contributed by atoms with E-state index in [2.05, 4.69) is 20.8 Å². The Kier molecular flexibility index (Phi) is 6.72. The number of amides is 3. The van der Waals surface area contributed by atoms with E-state index in [1.807, 2.05) is 32.0 Å². The Hall–Kier alpha value is -2.35. The average molecular weight is 403 g/mol. The lowest BCUT2D eigenvalue weighted by molar-refractivity contribution is -0.119. The van der Waals surface area contributed by atoms with E-state index in [1.165, 1.54) is 19.3 Å². The van der Waals surface area contributed by atoms with E-state index in [-0.39, 0.29) is 0 Å². The van der Waals surface area contributed by atoms with Crippen molar-refractivity contribution in [1.29, 1.82) is 0 Å². The molecule has 8 heteroatoms. The summed E-state index contributed by atoms with van der Waals surface area (Å²) in [7, 11) is 0. The number of nitrogens with zero attached hydrogens (tertiary/aromatic N) is 2. The van der Waals surface area contributed by atoms with Crippen molar-refractivity contribution in [3.8, 4) is 0 Å². The Morgan fingerprint density at radius 2 is 1.93 bits per heavy atom. The molecule has 0 radical (unpaired) electrons. The van der Waals surface area contributed by atoms with E-state index in [0.29, 0.717) is 22.7 Å². The number of aryl methyl sites for hydroxylation is 2. The molecular weight excluding hydrogens is 376 g/mol. The van der Waals surface area contributed by atoms with Gasteiger partial charge in [-0.25, -0.2) is 4.79 Å². The first-order valence-corrected chi connectivity index (χ1v) is 10.5. The quantitative estimate of drug-likeness (QED) is 0.712. The standard InChI is InChI=1S/C20H26N4O3S/c1-12-9-10-16(13(2)11-12)21-19(26)22-17(25)14(3)28-20-24-23-18(27-20)15-7-5-4-6-8-15/h9-11,14-15H,4-8H2,1-3H3,(H2,21,22,25,26). The van der Waals surface area contributed by atoms with Gasteiger partial charge in [-0.1, -0.05) is 48.7 Å². The van der Waals surface area contributed by atoms with Crippen molar-refractivity contribution < 1.29 is 14.0 Å². The molecule has 0 spiro atoms. The number of thioether (sulfide) groups is 1. The first kappa shape index (κ1) is 20.4. The number of urea groups is 1. The van der Waals surface area contributed by atoms with Crippen LogP contribution in [-0.4, -0.2) is 27.4 Å². The number of aromatic nitrogens is 2. The van der Waals surface area contributed by atoms with Gasteiger partial charge in [-0.3, -0.25) is 10.1 Å². The van der Waals surface area contributed by atoms with Gasteiger partial charge in [-0.2, -0.15) is 0 Å². The summed E-state index contributed by atoms with van der Waals surface area (Å²) in [6.07, 6.45) is 5.77. The molecule has 28 heavy (non-hydrogen) atoms. The monoisotopic (exact) mass is 402 g/mol. The van der Waals surface area contributed by atoms with Crippen molar-refractivity contribution in [3.05, 3.63) is 35.2 Å². The molecule has 1 fully saturated rings. The maximum Gasteiger partial charge on any atom is 0.325 e. The minimum atomic E-state index is -0.558. The molecule has 1 saturated carbocycles. The van der Waals surface area contributed by atoms with Gasteiger partial charge in [0.1, 0.15) is 0 Å². The highest BCUT2D eigenvalue weighted by atomic mass is 32.2. The summed E-state index contributed by atoms with van der Waals surface area (Å²) in [6, 6.07) is 5.13. The lowest BCUT2D eigenvalue weighted by Crippen LogP contribution is -2.39. The van der Waals surface area contributed by atoms with Gasteiger partial charge in [-0.15, -0.1) is 10.2 Å². The molecule has 1 aliphatic rings. The van der Waals surface area contributed by atoms with Gasteiger partial charge in [0.15, 0.2) is 0 Å². The molecule has 1 unspecified atom stereocenters. The number of carbonyl (C=O) groups excluding carboxylic acids is 2. The number of rotatable bonds is 5. The summed E-state index contributed by atoms with van der Waals surface area (Å²) in [5, 5.41) is 13.1. The van der Waals surface area contributed by atoms with Gasteiger partial charge in [-0.05, 0) is 45.2 Å². The van der Waals surface area contributed by atoms with E-state index in [1.54, 1.807) is 6.92 Å². The smallest absolute Gasteiger partial charge is 0.325 e. The number of nitrogens with one attached hydrogen (secondary N) is 2. The molecule has 3 rings (SSSR count). The Labute approximate surface area is 169 Å². The Bertz CT molecular complexity index is 846. The van der Waals surface area contributed by atoms with Crippen LogP contribution in [0.4, 0.5) is 10.5 Å². The van der Waals surface area contributed by atoms with E-state index in [9.17, 15) is 9.59 Å². The fourth-order valence-corrected chi connectivity index (χ4v) is 4.00. The zero-order valence-corrected chi connectivity index (χ0v) is 17.3. The van der Waals surface area contributed by atoms with Crippen molar-refractivity contribution in [2.24, 2.45) is 0 Å². The highest BCUT2D eigenvalue weighted by molar-refractivity contribution is 8.00. The summed E-state index contributed by atoms with van der Waals surface area (Å²) in [6.45, 7) is 5.59. The molecule has 1 heterocycles. The number of hydrogen-bond acceptors (Lipinski definition) is 6. The minimum Gasteiger partial charge on any atom is -0.416 e. The van der Waals surface area contributed by atoms with Crippen LogP contribution in [0.25, 0.3) is 0 Å². The van der Waals surface area contributed by atoms with Gasteiger partial charge >= 0.3 is 6.03 Å². The molecule has 0 aliphatic heterocycles. The fraction of sp³-hybridized carbons (Fsp3) is 0.500. The van der Waals surface area contributed by atoms with Crippen LogP contribution in [0.1, 0.15) is 62.0 Å². The van der Waals surface area contributed by atoms with Gasteiger partial charge in [0, 0.05) is 11.6 Å². The zero-order chi connectivity index (χ0) is 20.1. The Morgan fingerprint density at radius 1 is 1.18 bits per heavy atom. The summed E-state index contributed by atoms with van der Waals surface area (Å²) in [5.41, 5.74) is 2.72. The van der Waals surface area contributed by atoms with Crippen LogP contribution in [0, 0.1) is 13.8 Å². The Morgan fingerprint density at radius 3 is 2.64 bits per heavy atom. The molecule has 1 aliphatic carbocycles. The molecule has 150 valence electrons. The highest BCUT2D eigenvalue weighted by Gasteiger charge is 2.24. The lowest BCUT2D eigenvalue weighted by atomic mass is 9.89. The molecule has 1 aromatic heterocycles. The number of hydrogen-bond donors (Lipinski definition) is 2.